The molecule has 0 aliphatic carbocycles. The fourth-order valence-corrected chi connectivity index (χ4v) is 3.25. The number of hydrogen-bond donors (Lipinski definition) is 2. The third kappa shape index (κ3) is 2.50. The lowest BCUT2D eigenvalue weighted by molar-refractivity contribution is 0.0703. The maximum atomic E-state index is 13.6. The van der Waals surface area contributed by atoms with Gasteiger partial charge >= 0.3 is 5.97 Å². The molecule has 6 heteroatoms. The van der Waals surface area contributed by atoms with Gasteiger partial charge in [-0.3, -0.25) is 0 Å². The number of thiophene rings is 1. The van der Waals surface area contributed by atoms with Crippen LogP contribution in [-0.4, -0.2) is 11.1 Å². The number of halogens is 2. The molecule has 0 radical (unpaired) electrons. The minimum atomic E-state index is -1.05. The van der Waals surface area contributed by atoms with Crippen LogP contribution in [-0.2, 0) is 6.42 Å². The van der Waals surface area contributed by atoms with E-state index in [1.54, 1.807) is 12.1 Å². The van der Waals surface area contributed by atoms with Gasteiger partial charge in [0.1, 0.15) is 10.7 Å². The van der Waals surface area contributed by atoms with Crippen LogP contribution in [0.5, 0.6) is 0 Å². The summed E-state index contributed by atoms with van der Waals surface area (Å²) in [7, 11) is 0. The molecule has 19 heavy (non-hydrogen) atoms. The van der Waals surface area contributed by atoms with Crippen molar-refractivity contribution in [3.63, 3.8) is 0 Å². The van der Waals surface area contributed by atoms with Crippen LogP contribution in [0.3, 0.4) is 0 Å². The van der Waals surface area contributed by atoms with Crippen LogP contribution in [0.1, 0.15) is 22.2 Å². The maximum absolute atomic E-state index is 13.6. The lowest BCUT2D eigenvalue weighted by Crippen LogP contribution is -1.99. The van der Waals surface area contributed by atoms with Crippen molar-refractivity contribution in [1.29, 1.82) is 0 Å². The van der Waals surface area contributed by atoms with Gasteiger partial charge in [0.2, 0.25) is 0 Å². The van der Waals surface area contributed by atoms with Gasteiger partial charge in [-0.2, -0.15) is 0 Å². The summed E-state index contributed by atoms with van der Waals surface area (Å²) in [5, 5.41) is 9.09. The first kappa shape index (κ1) is 14.0. The standard InChI is InChI=1S/C13H11BrFNO2S/c1-2-7-10(16)12(13(17)18)19-11(7)6-3-4-8(14)9(15)5-6/h3-5H,2,16H2,1H3,(H,17,18). The quantitative estimate of drug-likeness (QED) is 0.879. The van der Waals surface area contributed by atoms with Crippen molar-refractivity contribution >= 4 is 38.9 Å². The van der Waals surface area contributed by atoms with Gasteiger partial charge < -0.3 is 10.8 Å². The predicted octanol–water partition coefficient (Wildman–Crippen LogP) is 4.16. The summed E-state index contributed by atoms with van der Waals surface area (Å²) in [5.41, 5.74) is 7.52. The Bertz CT molecular complexity index is 654. The first-order valence-electron chi connectivity index (χ1n) is 5.55. The highest BCUT2D eigenvalue weighted by Gasteiger charge is 2.20. The Morgan fingerprint density at radius 3 is 2.74 bits per heavy atom. The molecule has 100 valence electrons. The number of carboxylic acid groups (broad SMARTS) is 1. The SMILES string of the molecule is CCc1c(-c2ccc(Br)c(F)c2)sc(C(=O)O)c1N. The number of rotatable bonds is 3. The molecular weight excluding hydrogens is 333 g/mol. The van der Waals surface area contributed by atoms with Gasteiger partial charge in [-0.1, -0.05) is 13.0 Å². The number of hydrogen-bond acceptors (Lipinski definition) is 3. The van der Waals surface area contributed by atoms with Crippen molar-refractivity contribution in [2.75, 3.05) is 5.73 Å². The van der Waals surface area contributed by atoms with Crippen LogP contribution in [0.25, 0.3) is 10.4 Å². The molecule has 1 aromatic carbocycles. The average molecular weight is 344 g/mol. The highest BCUT2D eigenvalue weighted by molar-refractivity contribution is 9.10. The number of aromatic carboxylic acids is 1. The van der Waals surface area contributed by atoms with Gasteiger partial charge in [-0.15, -0.1) is 11.3 Å². The van der Waals surface area contributed by atoms with E-state index in [9.17, 15) is 9.18 Å². The summed E-state index contributed by atoms with van der Waals surface area (Å²) in [6.45, 7) is 1.89. The summed E-state index contributed by atoms with van der Waals surface area (Å²) >= 11 is 4.17. The summed E-state index contributed by atoms with van der Waals surface area (Å²) in [6.07, 6.45) is 0.600. The number of benzene rings is 1. The molecule has 2 aromatic rings. The molecule has 0 unspecified atom stereocenters. The molecule has 0 bridgehead atoms. The van der Waals surface area contributed by atoms with Crippen molar-refractivity contribution in [3.8, 4) is 10.4 Å². The van der Waals surface area contributed by atoms with Gasteiger partial charge in [0.25, 0.3) is 0 Å². The van der Waals surface area contributed by atoms with Crippen LogP contribution in [0.4, 0.5) is 10.1 Å². The normalized spacial score (nSPS) is 10.7. The lowest BCUT2D eigenvalue weighted by Gasteiger charge is -2.03. The lowest BCUT2D eigenvalue weighted by atomic mass is 10.1. The number of nitrogen functional groups attached to an aromatic ring is 1. The molecule has 0 aliphatic rings. The van der Waals surface area contributed by atoms with Crippen LogP contribution < -0.4 is 5.73 Å². The number of anilines is 1. The van der Waals surface area contributed by atoms with Crippen molar-refractivity contribution in [2.45, 2.75) is 13.3 Å². The zero-order valence-corrected chi connectivity index (χ0v) is 12.4. The Labute approximate surface area is 122 Å². The molecule has 0 spiro atoms. The fraction of sp³-hybridized carbons (Fsp3) is 0.154. The molecule has 0 atom stereocenters. The summed E-state index contributed by atoms with van der Waals surface area (Å²) in [6, 6.07) is 4.71. The van der Waals surface area contributed by atoms with Gasteiger partial charge in [0.05, 0.1) is 10.2 Å². The van der Waals surface area contributed by atoms with Crippen molar-refractivity contribution in [3.05, 3.63) is 38.9 Å². The molecule has 0 amide bonds. The second kappa shape index (κ2) is 5.30. The second-order valence-electron chi connectivity index (χ2n) is 3.94. The van der Waals surface area contributed by atoms with E-state index in [0.717, 1.165) is 16.9 Å². The largest absolute Gasteiger partial charge is 0.477 e. The minimum absolute atomic E-state index is 0.107. The molecular formula is C13H11BrFNO2S. The number of carboxylic acids is 1. The zero-order chi connectivity index (χ0) is 14.2. The topological polar surface area (TPSA) is 63.3 Å². The van der Waals surface area contributed by atoms with Crippen molar-refractivity contribution in [2.24, 2.45) is 0 Å². The minimum Gasteiger partial charge on any atom is -0.477 e. The van der Waals surface area contributed by atoms with E-state index in [2.05, 4.69) is 15.9 Å². The van der Waals surface area contributed by atoms with Gasteiger partial charge in [0.15, 0.2) is 0 Å². The van der Waals surface area contributed by atoms with E-state index < -0.39 is 5.97 Å². The van der Waals surface area contributed by atoms with Gasteiger partial charge in [0, 0.05) is 4.88 Å². The molecule has 0 saturated heterocycles. The highest BCUT2D eigenvalue weighted by Crippen LogP contribution is 2.39. The Kier molecular flexibility index (Phi) is 3.91. The van der Waals surface area contributed by atoms with Crippen molar-refractivity contribution < 1.29 is 14.3 Å². The van der Waals surface area contributed by atoms with Crippen LogP contribution in [0, 0.1) is 5.82 Å². The molecule has 0 aliphatic heterocycles. The predicted molar refractivity (Wildman–Crippen MR) is 78.2 cm³/mol. The first-order valence-corrected chi connectivity index (χ1v) is 7.16. The second-order valence-corrected chi connectivity index (χ2v) is 5.82. The first-order chi connectivity index (χ1) is 8.95. The molecule has 3 N–H and O–H groups in total. The van der Waals surface area contributed by atoms with Crippen LogP contribution >= 0.6 is 27.3 Å². The molecule has 1 aromatic heterocycles. The van der Waals surface area contributed by atoms with Gasteiger partial charge in [-0.25, -0.2) is 9.18 Å². The Morgan fingerprint density at radius 2 is 2.21 bits per heavy atom. The monoisotopic (exact) mass is 343 g/mol. The van der Waals surface area contributed by atoms with E-state index in [1.807, 2.05) is 6.92 Å². The van der Waals surface area contributed by atoms with Crippen LogP contribution in [0.2, 0.25) is 0 Å². The Hall–Kier alpha value is -1.40. The summed E-state index contributed by atoms with van der Waals surface area (Å²) in [5.74, 6) is -1.44. The zero-order valence-electron chi connectivity index (χ0n) is 10.0. The summed E-state index contributed by atoms with van der Waals surface area (Å²) < 4.78 is 13.9. The third-order valence-electron chi connectivity index (χ3n) is 2.78. The van der Waals surface area contributed by atoms with Crippen molar-refractivity contribution in [1.82, 2.24) is 0 Å². The molecule has 2 rings (SSSR count). The highest BCUT2D eigenvalue weighted by atomic mass is 79.9. The Balaban J connectivity index is 2.64. The number of carbonyl (C=O) groups is 1. The fourth-order valence-electron chi connectivity index (χ4n) is 1.86. The maximum Gasteiger partial charge on any atom is 0.348 e. The van der Waals surface area contributed by atoms with Gasteiger partial charge in [-0.05, 0) is 45.6 Å². The van der Waals surface area contributed by atoms with E-state index in [-0.39, 0.29) is 16.4 Å². The molecule has 0 saturated carbocycles. The van der Waals surface area contributed by atoms with E-state index in [0.29, 0.717) is 21.3 Å². The molecule has 0 fully saturated rings. The molecule has 3 nitrogen and oxygen atoms in total. The van der Waals surface area contributed by atoms with Crippen LogP contribution in [0.15, 0.2) is 22.7 Å². The smallest absolute Gasteiger partial charge is 0.348 e. The van der Waals surface area contributed by atoms with E-state index in [4.69, 9.17) is 10.8 Å². The van der Waals surface area contributed by atoms with E-state index in [1.165, 1.54) is 6.07 Å². The average Bonchev–Trinajstić information content (AvgIpc) is 2.70. The number of nitrogens with two attached hydrogens (primary N) is 1. The van der Waals surface area contributed by atoms with E-state index >= 15 is 0 Å². The summed E-state index contributed by atoms with van der Waals surface area (Å²) in [4.78, 5) is 11.9. The third-order valence-corrected chi connectivity index (χ3v) is 4.71. The molecule has 1 heterocycles. The Morgan fingerprint density at radius 1 is 1.53 bits per heavy atom.